The molecule has 2 unspecified atom stereocenters. The molecule has 106 valence electrons. The smallest absolute Gasteiger partial charge is 0.0746 e. The molecule has 1 fully saturated rings. The number of pyridine rings is 1. The van der Waals surface area contributed by atoms with Crippen LogP contribution in [0.3, 0.4) is 0 Å². The molecule has 1 aromatic carbocycles. The lowest BCUT2D eigenvalue weighted by Gasteiger charge is -2.14. The highest BCUT2D eigenvalue weighted by Gasteiger charge is 2.23. The van der Waals surface area contributed by atoms with Crippen molar-refractivity contribution < 1.29 is 0 Å². The molecule has 0 amide bonds. The summed E-state index contributed by atoms with van der Waals surface area (Å²) >= 11 is 2.11. The summed E-state index contributed by atoms with van der Waals surface area (Å²) in [5.74, 6) is 1.24. The minimum atomic E-state index is 0.679. The first-order chi connectivity index (χ1) is 9.86. The molecule has 3 rings (SSSR count). The lowest BCUT2D eigenvalue weighted by molar-refractivity contribution is 0.526. The van der Waals surface area contributed by atoms with Gasteiger partial charge in [-0.1, -0.05) is 31.2 Å². The van der Waals surface area contributed by atoms with E-state index in [4.69, 9.17) is 0 Å². The second kappa shape index (κ2) is 6.59. The van der Waals surface area contributed by atoms with E-state index in [1.807, 2.05) is 12.3 Å². The number of para-hydroxylation sites is 1. The lowest BCUT2D eigenvalue weighted by Crippen LogP contribution is -2.26. The summed E-state index contributed by atoms with van der Waals surface area (Å²) in [6.45, 7) is 3.19. The summed E-state index contributed by atoms with van der Waals surface area (Å²) in [4.78, 5) is 4.53. The Morgan fingerprint density at radius 2 is 2.15 bits per heavy atom. The maximum absolute atomic E-state index is 4.53. The SMILES string of the molecule is CCSC1CCC(NCc2cccc3cccnc23)C1. The van der Waals surface area contributed by atoms with E-state index in [0.29, 0.717) is 6.04 Å². The summed E-state index contributed by atoms with van der Waals surface area (Å²) < 4.78 is 0. The van der Waals surface area contributed by atoms with E-state index in [1.165, 1.54) is 36.0 Å². The van der Waals surface area contributed by atoms with Gasteiger partial charge in [0, 0.05) is 29.4 Å². The molecule has 2 atom stereocenters. The maximum atomic E-state index is 4.53. The molecule has 1 heterocycles. The highest BCUT2D eigenvalue weighted by atomic mass is 32.2. The van der Waals surface area contributed by atoms with Crippen LogP contribution in [0.5, 0.6) is 0 Å². The monoisotopic (exact) mass is 286 g/mol. The third-order valence-electron chi connectivity index (χ3n) is 4.08. The third kappa shape index (κ3) is 3.15. The molecular formula is C17H22N2S. The van der Waals surface area contributed by atoms with Gasteiger partial charge >= 0.3 is 0 Å². The van der Waals surface area contributed by atoms with Crippen molar-refractivity contribution in [2.45, 2.75) is 44.0 Å². The Labute approximate surface area is 125 Å². The topological polar surface area (TPSA) is 24.9 Å². The van der Waals surface area contributed by atoms with E-state index in [-0.39, 0.29) is 0 Å². The third-order valence-corrected chi connectivity index (χ3v) is 5.32. The van der Waals surface area contributed by atoms with Gasteiger partial charge in [-0.05, 0) is 36.6 Å². The number of fused-ring (bicyclic) bond motifs is 1. The van der Waals surface area contributed by atoms with Crippen LogP contribution in [0.15, 0.2) is 36.5 Å². The van der Waals surface area contributed by atoms with Crippen LogP contribution < -0.4 is 5.32 Å². The van der Waals surface area contributed by atoms with Crippen LogP contribution in [-0.2, 0) is 6.54 Å². The highest BCUT2D eigenvalue weighted by Crippen LogP contribution is 2.30. The van der Waals surface area contributed by atoms with E-state index in [0.717, 1.165) is 17.3 Å². The van der Waals surface area contributed by atoms with Gasteiger partial charge in [0.05, 0.1) is 5.52 Å². The van der Waals surface area contributed by atoms with Crippen LogP contribution in [0.1, 0.15) is 31.7 Å². The van der Waals surface area contributed by atoms with Crippen molar-refractivity contribution in [3.05, 3.63) is 42.1 Å². The van der Waals surface area contributed by atoms with E-state index < -0.39 is 0 Å². The molecule has 2 aromatic rings. The first-order valence-electron chi connectivity index (χ1n) is 7.54. The number of hydrogen-bond donors (Lipinski definition) is 1. The lowest BCUT2D eigenvalue weighted by atomic mass is 10.1. The van der Waals surface area contributed by atoms with Gasteiger partial charge in [-0.2, -0.15) is 11.8 Å². The molecule has 0 radical (unpaired) electrons. The van der Waals surface area contributed by atoms with Crippen molar-refractivity contribution in [1.82, 2.24) is 10.3 Å². The fourth-order valence-electron chi connectivity index (χ4n) is 3.08. The number of hydrogen-bond acceptors (Lipinski definition) is 3. The van der Waals surface area contributed by atoms with Crippen molar-refractivity contribution in [2.24, 2.45) is 0 Å². The normalized spacial score (nSPS) is 22.4. The van der Waals surface area contributed by atoms with E-state index in [9.17, 15) is 0 Å². The Hall–Kier alpha value is -1.06. The summed E-state index contributed by atoms with van der Waals surface area (Å²) in [6, 6.07) is 11.3. The molecular weight excluding hydrogens is 264 g/mol. The standard InChI is InChI=1S/C17H22N2S/c1-2-20-16-9-8-15(11-16)19-12-14-6-3-5-13-7-4-10-18-17(13)14/h3-7,10,15-16,19H,2,8-9,11-12H2,1H3. The van der Waals surface area contributed by atoms with Gasteiger partial charge in [0.15, 0.2) is 0 Å². The van der Waals surface area contributed by atoms with Crippen molar-refractivity contribution in [1.29, 1.82) is 0 Å². The average molecular weight is 286 g/mol. The molecule has 20 heavy (non-hydrogen) atoms. The number of nitrogens with one attached hydrogen (secondary N) is 1. The number of aromatic nitrogens is 1. The zero-order valence-electron chi connectivity index (χ0n) is 12.0. The average Bonchev–Trinajstić information content (AvgIpc) is 2.93. The van der Waals surface area contributed by atoms with Crippen molar-refractivity contribution >= 4 is 22.7 Å². The molecule has 0 saturated heterocycles. The maximum Gasteiger partial charge on any atom is 0.0746 e. The molecule has 0 aliphatic heterocycles. The zero-order valence-corrected chi connectivity index (χ0v) is 12.8. The molecule has 1 aliphatic rings. The Balaban J connectivity index is 1.63. The molecule has 0 spiro atoms. The summed E-state index contributed by atoms with van der Waals surface area (Å²) in [7, 11) is 0. The van der Waals surface area contributed by atoms with Crippen molar-refractivity contribution in [3.63, 3.8) is 0 Å². The van der Waals surface area contributed by atoms with Crippen LogP contribution in [0.25, 0.3) is 10.9 Å². The zero-order chi connectivity index (χ0) is 13.8. The van der Waals surface area contributed by atoms with Crippen molar-refractivity contribution in [2.75, 3.05) is 5.75 Å². The fraction of sp³-hybridized carbons (Fsp3) is 0.471. The van der Waals surface area contributed by atoms with E-state index >= 15 is 0 Å². The summed E-state index contributed by atoms with van der Waals surface area (Å²) in [5.41, 5.74) is 2.45. The van der Waals surface area contributed by atoms with Gasteiger partial charge in [0.2, 0.25) is 0 Å². The second-order valence-corrected chi connectivity index (χ2v) is 7.04. The van der Waals surface area contributed by atoms with Crippen molar-refractivity contribution in [3.8, 4) is 0 Å². The van der Waals surface area contributed by atoms with Gasteiger partial charge in [-0.15, -0.1) is 0 Å². The summed E-state index contributed by atoms with van der Waals surface area (Å²) in [6.07, 6.45) is 5.88. The van der Waals surface area contributed by atoms with Crippen LogP contribution in [-0.4, -0.2) is 22.0 Å². The van der Waals surface area contributed by atoms with Gasteiger partial charge in [-0.3, -0.25) is 4.98 Å². The Morgan fingerprint density at radius 1 is 1.25 bits per heavy atom. The molecule has 0 bridgehead atoms. The Morgan fingerprint density at radius 3 is 3.05 bits per heavy atom. The minimum absolute atomic E-state index is 0.679. The number of benzene rings is 1. The molecule has 3 heteroatoms. The van der Waals surface area contributed by atoms with Gasteiger partial charge in [-0.25, -0.2) is 0 Å². The van der Waals surface area contributed by atoms with Crippen LogP contribution in [0, 0.1) is 0 Å². The second-order valence-electron chi connectivity index (χ2n) is 5.46. The Bertz CT molecular complexity index is 564. The van der Waals surface area contributed by atoms with Crippen LogP contribution >= 0.6 is 11.8 Å². The van der Waals surface area contributed by atoms with Gasteiger partial charge in [0.25, 0.3) is 0 Å². The largest absolute Gasteiger partial charge is 0.310 e. The number of nitrogens with zero attached hydrogens (tertiary/aromatic N) is 1. The van der Waals surface area contributed by atoms with E-state index in [2.05, 4.69) is 53.3 Å². The number of thioether (sulfide) groups is 1. The predicted octanol–water partition coefficient (Wildman–Crippen LogP) is 4.00. The Kier molecular flexibility index (Phi) is 4.58. The fourth-order valence-corrected chi connectivity index (χ4v) is 4.22. The summed E-state index contributed by atoms with van der Waals surface area (Å²) in [5, 5.41) is 5.82. The van der Waals surface area contributed by atoms with Crippen LogP contribution in [0.4, 0.5) is 0 Å². The number of rotatable bonds is 5. The molecule has 2 nitrogen and oxygen atoms in total. The molecule has 1 N–H and O–H groups in total. The molecule has 1 aromatic heterocycles. The predicted molar refractivity (Wildman–Crippen MR) is 88.1 cm³/mol. The molecule has 1 saturated carbocycles. The highest BCUT2D eigenvalue weighted by molar-refractivity contribution is 7.99. The van der Waals surface area contributed by atoms with Crippen LogP contribution in [0.2, 0.25) is 0 Å². The molecule has 1 aliphatic carbocycles. The quantitative estimate of drug-likeness (QED) is 0.899. The van der Waals surface area contributed by atoms with Gasteiger partial charge < -0.3 is 5.32 Å². The van der Waals surface area contributed by atoms with E-state index in [1.54, 1.807) is 0 Å². The first kappa shape index (κ1) is 13.9. The minimum Gasteiger partial charge on any atom is -0.310 e. The van der Waals surface area contributed by atoms with Gasteiger partial charge in [0.1, 0.15) is 0 Å². The first-order valence-corrected chi connectivity index (χ1v) is 8.59.